The van der Waals surface area contributed by atoms with Gasteiger partial charge in [-0.25, -0.2) is 0 Å². The van der Waals surface area contributed by atoms with Crippen LogP contribution in [0.3, 0.4) is 0 Å². The zero-order valence-corrected chi connectivity index (χ0v) is 8.05. The van der Waals surface area contributed by atoms with E-state index in [9.17, 15) is 0 Å². The SMILES string of the molecule is CCc1cc(CC2CCCN2)on1. The summed E-state index contributed by atoms with van der Waals surface area (Å²) >= 11 is 0. The minimum atomic E-state index is 0.609. The third-order valence-corrected chi connectivity index (χ3v) is 2.58. The van der Waals surface area contributed by atoms with Crippen LogP contribution in [0.15, 0.2) is 10.6 Å². The molecule has 1 aromatic heterocycles. The van der Waals surface area contributed by atoms with Crippen molar-refractivity contribution >= 4 is 0 Å². The van der Waals surface area contributed by atoms with Crippen LogP contribution in [-0.4, -0.2) is 17.7 Å². The van der Waals surface area contributed by atoms with Gasteiger partial charge in [0.15, 0.2) is 0 Å². The summed E-state index contributed by atoms with van der Waals surface area (Å²) in [5.41, 5.74) is 1.06. The van der Waals surface area contributed by atoms with E-state index < -0.39 is 0 Å². The third-order valence-electron chi connectivity index (χ3n) is 2.58. The molecule has 1 aromatic rings. The Labute approximate surface area is 78.5 Å². The molecular weight excluding hydrogens is 164 g/mol. The maximum Gasteiger partial charge on any atom is 0.138 e. The second-order valence-electron chi connectivity index (χ2n) is 3.64. The molecule has 72 valence electrons. The van der Waals surface area contributed by atoms with Crippen molar-refractivity contribution in [1.82, 2.24) is 10.5 Å². The fourth-order valence-corrected chi connectivity index (χ4v) is 1.79. The maximum absolute atomic E-state index is 5.23. The molecule has 2 heterocycles. The predicted octanol–water partition coefficient (Wildman–Crippen LogP) is 1.53. The van der Waals surface area contributed by atoms with Gasteiger partial charge in [0.05, 0.1) is 5.69 Å². The third kappa shape index (κ3) is 2.10. The van der Waals surface area contributed by atoms with E-state index in [0.717, 1.165) is 30.8 Å². The molecule has 3 heteroatoms. The minimum Gasteiger partial charge on any atom is -0.361 e. The molecule has 0 bridgehead atoms. The molecule has 1 atom stereocenters. The molecule has 0 amide bonds. The molecule has 1 aliphatic heterocycles. The molecule has 1 unspecified atom stereocenters. The van der Waals surface area contributed by atoms with Crippen LogP contribution >= 0.6 is 0 Å². The number of aromatic nitrogens is 1. The number of nitrogens with one attached hydrogen (secondary N) is 1. The fourth-order valence-electron chi connectivity index (χ4n) is 1.79. The number of hydrogen-bond donors (Lipinski definition) is 1. The molecule has 0 spiro atoms. The Kier molecular flexibility index (Phi) is 2.64. The van der Waals surface area contributed by atoms with Gasteiger partial charge in [0, 0.05) is 18.5 Å². The van der Waals surface area contributed by atoms with E-state index in [4.69, 9.17) is 4.52 Å². The summed E-state index contributed by atoms with van der Waals surface area (Å²) in [6.07, 6.45) is 4.51. The molecule has 1 N–H and O–H groups in total. The van der Waals surface area contributed by atoms with Gasteiger partial charge in [-0.05, 0) is 25.8 Å². The van der Waals surface area contributed by atoms with Crippen LogP contribution in [0, 0.1) is 0 Å². The summed E-state index contributed by atoms with van der Waals surface area (Å²) in [5, 5.41) is 7.42. The van der Waals surface area contributed by atoms with Crippen molar-refractivity contribution in [1.29, 1.82) is 0 Å². The average molecular weight is 180 g/mol. The number of nitrogens with zero attached hydrogens (tertiary/aromatic N) is 1. The zero-order chi connectivity index (χ0) is 9.10. The Morgan fingerprint density at radius 3 is 3.23 bits per heavy atom. The largest absolute Gasteiger partial charge is 0.361 e. The summed E-state index contributed by atoms with van der Waals surface area (Å²) < 4.78 is 5.23. The molecule has 3 nitrogen and oxygen atoms in total. The van der Waals surface area contributed by atoms with Gasteiger partial charge >= 0.3 is 0 Å². The summed E-state index contributed by atoms with van der Waals surface area (Å²) in [6, 6.07) is 2.68. The summed E-state index contributed by atoms with van der Waals surface area (Å²) in [4.78, 5) is 0. The van der Waals surface area contributed by atoms with Gasteiger partial charge in [0.2, 0.25) is 0 Å². The van der Waals surface area contributed by atoms with Gasteiger partial charge in [0.1, 0.15) is 5.76 Å². The first-order valence-electron chi connectivity index (χ1n) is 5.06. The van der Waals surface area contributed by atoms with E-state index in [1.807, 2.05) is 0 Å². The molecule has 0 radical (unpaired) electrons. The summed E-state index contributed by atoms with van der Waals surface area (Å²) in [7, 11) is 0. The predicted molar refractivity (Wildman–Crippen MR) is 50.6 cm³/mol. The van der Waals surface area contributed by atoms with E-state index in [1.54, 1.807) is 0 Å². The van der Waals surface area contributed by atoms with Crippen molar-refractivity contribution in [3.8, 4) is 0 Å². The van der Waals surface area contributed by atoms with E-state index in [2.05, 4.69) is 23.5 Å². The van der Waals surface area contributed by atoms with E-state index in [0.29, 0.717) is 6.04 Å². The standard InChI is InChI=1S/C10H16N2O/c1-2-8-6-10(13-12-8)7-9-4-3-5-11-9/h6,9,11H,2-5,7H2,1H3. The quantitative estimate of drug-likeness (QED) is 0.766. The first kappa shape index (κ1) is 8.75. The van der Waals surface area contributed by atoms with Crippen LogP contribution in [0.1, 0.15) is 31.2 Å². The molecule has 1 aliphatic rings. The first-order valence-corrected chi connectivity index (χ1v) is 5.06. The van der Waals surface area contributed by atoms with Crippen LogP contribution in [0.2, 0.25) is 0 Å². The Bertz CT molecular complexity index is 264. The van der Waals surface area contributed by atoms with Gasteiger partial charge in [-0.15, -0.1) is 0 Å². The van der Waals surface area contributed by atoms with Gasteiger partial charge in [-0.2, -0.15) is 0 Å². The molecule has 0 saturated carbocycles. The van der Waals surface area contributed by atoms with Crippen molar-refractivity contribution in [3.63, 3.8) is 0 Å². The lowest BCUT2D eigenvalue weighted by Crippen LogP contribution is -2.23. The van der Waals surface area contributed by atoms with E-state index in [-0.39, 0.29) is 0 Å². The molecule has 1 fully saturated rings. The molecule has 1 saturated heterocycles. The molecule has 0 aromatic carbocycles. The van der Waals surface area contributed by atoms with E-state index in [1.165, 1.54) is 12.8 Å². The molecule has 2 rings (SSSR count). The van der Waals surface area contributed by atoms with Gasteiger partial charge in [-0.3, -0.25) is 0 Å². The highest BCUT2D eigenvalue weighted by Crippen LogP contribution is 2.13. The highest BCUT2D eigenvalue weighted by Gasteiger charge is 2.16. The zero-order valence-electron chi connectivity index (χ0n) is 8.05. The normalized spacial score (nSPS) is 22.4. The first-order chi connectivity index (χ1) is 6.38. The van der Waals surface area contributed by atoms with Crippen LogP contribution in [-0.2, 0) is 12.8 Å². The van der Waals surface area contributed by atoms with Gasteiger partial charge in [0.25, 0.3) is 0 Å². The van der Waals surface area contributed by atoms with Crippen LogP contribution in [0.25, 0.3) is 0 Å². The van der Waals surface area contributed by atoms with Gasteiger partial charge in [-0.1, -0.05) is 12.1 Å². The van der Waals surface area contributed by atoms with E-state index >= 15 is 0 Å². The summed E-state index contributed by atoms with van der Waals surface area (Å²) in [6.45, 7) is 3.24. The Balaban J connectivity index is 1.92. The Hall–Kier alpha value is -0.830. The van der Waals surface area contributed by atoms with Crippen molar-refractivity contribution in [3.05, 3.63) is 17.5 Å². The average Bonchev–Trinajstić information content (AvgIpc) is 2.76. The van der Waals surface area contributed by atoms with Crippen LogP contribution in [0.5, 0.6) is 0 Å². The summed E-state index contributed by atoms with van der Waals surface area (Å²) in [5.74, 6) is 1.02. The van der Waals surface area contributed by atoms with Crippen molar-refractivity contribution < 1.29 is 4.52 Å². The van der Waals surface area contributed by atoms with Crippen molar-refractivity contribution in [2.24, 2.45) is 0 Å². The lowest BCUT2D eigenvalue weighted by atomic mass is 10.1. The van der Waals surface area contributed by atoms with Gasteiger partial charge < -0.3 is 9.84 Å². The van der Waals surface area contributed by atoms with Crippen LogP contribution in [0.4, 0.5) is 0 Å². The number of hydrogen-bond acceptors (Lipinski definition) is 3. The highest BCUT2D eigenvalue weighted by atomic mass is 16.5. The molecule has 0 aliphatic carbocycles. The molecule has 13 heavy (non-hydrogen) atoms. The maximum atomic E-state index is 5.23. The lowest BCUT2D eigenvalue weighted by Gasteiger charge is -2.05. The molecular formula is C10H16N2O. The highest BCUT2D eigenvalue weighted by molar-refractivity contribution is 5.06. The second-order valence-corrected chi connectivity index (χ2v) is 3.64. The monoisotopic (exact) mass is 180 g/mol. The number of aryl methyl sites for hydroxylation is 1. The Morgan fingerprint density at radius 1 is 1.69 bits per heavy atom. The van der Waals surface area contributed by atoms with Crippen molar-refractivity contribution in [2.75, 3.05) is 6.54 Å². The topological polar surface area (TPSA) is 38.1 Å². The van der Waals surface area contributed by atoms with Crippen LogP contribution < -0.4 is 5.32 Å². The second kappa shape index (κ2) is 3.92. The Morgan fingerprint density at radius 2 is 2.62 bits per heavy atom. The number of rotatable bonds is 3. The van der Waals surface area contributed by atoms with Crippen molar-refractivity contribution in [2.45, 2.75) is 38.6 Å². The lowest BCUT2D eigenvalue weighted by molar-refractivity contribution is 0.365. The fraction of sp³-hybridized carbons (Fsp3) is 0.700. The minimum absolute atomic E-state index is 0.609. The smallest absolute Gasteiger partial charge is 0.138 e.